The first-order valence-electron chi connectivity index (χ1n) is 4.42. The lowest BCUT2D eigenvalue weighted by Gasteiger charge is -2.16. The predicted octanol–water partition coefficient (Wildman–Crippen LogP) is -0.0236. The zero-order valence-electron chi connectivity index (χ0n) is 9.02. The van der Waals surface area contributed by atoms with Crippen molar-refractivity contribution in [1.29, 1.82) is 0 Å². The first-order valence-corrected chi connectivity index (χ1v) is 4.42. The van der Waals surface area contributed by atoms with Crippen molar-refractivity contribution >= 4 is 17.7 Å². The molecule has 0 fully saturated rings. The Morgan fingerprint density at radius 2 is 2.27 bits per heavy atom. The molecule has 0 aliphatic carbocycles. The number of methoxy groups -OCH3 is 1. The number of nitrogens with two attached hydrogens (primary N) is 1. The molecule has 0 saturated carbocycles. The molecule has 6 heteroatoms. The van der Waals surface area contributed by atoms with E-state index in [9.17, 15) is 4.79 Å². The van der Waals surface area contributed by atoms with E-state index in [0.29, 0.717) is 5.82 Å². The van der Waals surface area contributed by atoms with E-state index < -0.39 is 0 Å². The summed E-state index contributed by atoms with van der Waals surface area (Å²) in [5.41, 5.74) is 6.25. The summed E-state index contributed by atoms with van der Waals surface area (Å²) in [6, 6.07) is 1.75. The predicted molar refractivity (Wildman–Crippen MR) is 56.5 cm³/mol. The molecule has 0 aliphatic rings. The minimum Gasteiger partial charge on any atom is -0.468 e. The Bertz CT molecular complexity index is 347. The van der Waals surface area contributed by atoms with Crippen LogP contribution in [0.25, 0.3) is 0 Å². The van der Waals surface area contributed by atoms with Crippen LogP contribution in [-0.4, -0.2) is 36.6 Å². The lowest BCUT2D eigenvalue weighted by molar-refractivity contribution is -0.138. The average Bonchev–Trinajstić information content (AvgIpc) is 2.16. The molecule has 2 N–H and O–H groups in total. The Morgan fingerprint density at radius 1 is 1.60 bits per heavy atom. The molecule has 82 valence electrons. The summed E-state index contributed by atoms with van der Waals surface area (Å²) in [6.45, 7) is 1.94. The van der Waals surface area contributed by atoms with Gasteiger partial charge in [0, 0.05) is 18.8 Å². The first-order chi connectivity index (χ1) is 7.02. The van der Waals surface area contributed by atoms with Crippen LogP contribution in [0.2, 0.25) is 0 Å². The second-order valence-electron chi connectivity index (χ2n) is 3.16. The maximum atomic E-state index is 11.0. The topological polar surface area (TPSA) is 81.3 Å². The maximum absolute atomic E-state index is 11.0. The Labute approximate surface area is 88.1 Å². The number of carbonyl (C=O) groups excluding carboxylic acids is 1. The van der Waals surface area contributed by atoms with Crippen LogP contribution in [0.3, 0.4) is 0 Å². The second-order valence-corrected chi connectivity index (χ2v) is 3.16. The number of esters is 1. The molecule has 0 spiro atoms. The van der Waals surface area contributed by atoms with E-state index in [0.717, 1.165) is 5.69 Å². The molecule has 6 nitrogen and oxygen atoms in total. The van der Waals surface area contributed by atoms with Crippen molar-refractivity contribution in [1.82, 2.24) is 9.97 Å². The summed E-state index contributed by atoms with van der Waals surface area (Å²) in [7, 11) is 3.08. The van der Waals surface area contributed by atoms with Crippen molar-refractivity contribution in [2.24, 2.45) is 0 Å². The number of anilines is 2. The molecule has 1 rings (SSSR count). The molecule has 1 heterocycles. The van der Waals surface area contributed by atoms with Gasteiger partial charge in [-0.3, -0.25) is 4.79 Å². The Hall–Kier alpha value is -1.85. The van der Waals surface area contributed by atoms with Crippen LogP contribution in [0.5, 0.6) is 0 Å². The number of nitrogens with zero attached hydrogens (tertiary/aromatic N) is 3. The van der Waals surface area contributed by atoms with Gasteiger partial charge in [0.15, 0.2) is 0 Å². The number of ether oxygens (including phenoxy) is 1. The van der Waals surface area contributed by atoms with Gasteiger partial charge in [-0.15, -0.1) is 0 Å². The molecule has 0 bridgehead atoms. The van der Waals surface area contributed by atoms with E-state index >= 15 is 0 Å². The highest BCUT2D eigenvalue weighted by molar-refractivity contribution is 5.75. The second kappa shape index (κ2) is 4.59. The standard InChI is InChI=1S/C9H14N4O2/c1-6-4-7(12-9(10)11-6)13(2)5-8(14)15-3/h4H,5H2,1-3H3,(H2,10,11,12). The van der Waals surface area contributed by atoms with E-state index in [1.54, 1.807) is 18.0 Å². The van der Waals surface area contributed by atoms with Crippen LogP contribution >= 0.6 is 0 Å². The molecule has 1 aromatic heterocycles. The van der Waals surface area contributed by atoms with Crippen LogP contribution in [0, 0.1) is 6.92 Å². The number of likely N-dealkylation sites (N-methyl/N-ethyl adjacent to an activating group) is 1. The molecule has 0 amide bonds. The van der Waals surface area contributed by atoms with E-state index in [4.69, 9.17) is 5.73 Å². The van der Waals surface area contributed by atoms with E-state index in [1.807, 2.05) is 6.92 Å². The highest BCUT2D eigenvalue weighted by Crippen LogP contribution is 2.11. The fourth-order valence-electron chi connectivity index (χ4n) is 1.11. The van der Waals surface area contributed by atoms with Gasteiger partial charge in [-0.1, -0.05) is 0 Å². The van der Waals surface area contributed by atoms with Gasteiger partial charge in [-0.25, -0.2) is 4.98 Å². The summed E-state index contributed by atoms with van der Waals surface area (Å²) in [4.78, 5) is 20.6. The van der Waals surface area contributed by atoms with Crippen molar-refractivity contribution < 1.29 is 9.53 Å². The Kier molecular flexibility index (Phi) is 3.43. The average molecular weight is 210 g/mol. The number of hydrogen-bond donors (Lipinski definition) is 1. The molecule has 0 saturated heterocycles. The summed E-state index contributed by atoms with van der Waals surface area (Å²) >= 11 is 0. The molecule has 15 heavy (non-hydrogen) atoms. The maximum Gasteiger partial charge on any atom is 0.325 e. The van der Waals surface area contributed by atoms with Gasteiger partial charge >= 0.3 is 5.97 Å². The number of hydrogen-bond acceptors (Lipinski definition) is 6. The molecule has 0 atom stereocenters. The number of carbonyl (C=O) groups is 1. The third-order valence-corrected chi connectivity index (χ3v) is 1.84. The number of rotatable bonds is 3. The number of nitrogen functional groups attached to an aromatic ring is 1. The minimum atomic E-state index is -0.327. The normalized spacial score (nSPS) is 9.80. The molecule has 1 aromatic rings. The van der Waals surface area contributed by atoms with Crippen LogP contribution in [0.15, 0.2) is 6.07 Å². The van der Waals surface area contributed by atoms with Crippen molar-refractivity contribution in [2.45, 2.75) is 6.92 Å². The Morgan fingerprint density at radius 3 is 2.80 bits per heavy atom. The SMILES string of the molecule is COC(=O)CN(C)c1cc(C)nc(N)n1. The molecular formula is C9H14N4O2. The van der Waals surface area contributed by atoms with E-state index in [1.165, 1.54) is 7.11 Å². The zero-order valence-corrected chi connectivity index (χ0v) is 9.02. The zero-order chi connectivity index (χ0) is 11.4. The quantitative estimate of drug-likeness (QED) is 0.706. The summed E-state index contributed by atoms with van der Waals surface area (Å²) < 4.78 is 4.55. The van der Waals surface area contributed by atoms with E-state index in [2.05, 4.69) is 14.7 Å². The lowest BCUT2D eigenvalue weighted by atomic mass is 10.4. The fraction of sp³-hybridized carbons (Fsp3) is 0.444. The van der Waals surface area contributed by atoms with Crippen LogP contribution in [0.1, 0.15) is 5.69 Å². The van der Waals surface area contributed by atoms with Crippen LogP contribution in [0.4, 0.5) is 11.8 Å². The van der Waals surface area contributed by atoms with Crippen molar-refractivity contribution in [3.63, 3.8) is 0 Å². The van der Waals surface area contributed by atoms with Gasteiger partial charge in [-0.05, 0) is 6.92 Å². The molecule has 0 aromatic carbocycles. The van der Waals surface area contributed by atoms with Crippen LogP contribution in [-0.2, 0) is 9.53 Å². The van der Waals surface area contributed by atoms with Gasteiger partial charge in [-0.2, -0.15) is 4.98 Å². The summed E-state index contributed by atoms with van der Waals surface area (Å²) in [5.74, 6) is 0.472. The lowest BCUT2D eigenvalue weighted by Crippen LogP contribution is -2.27. The third kappa shape index (κ3) is 3.08. The first kappa shape index (κ1) is 11.2. The molecule has 0 aliphatic heterocycles. The van der Waals surface area contributed by atoms with Gasteiger partial charge in [0.2, 0.25) is 5.95 Å². The molecule has 0 unspecified atom stereocenters. The van der Waals surface area contributed by atoms with Crippen LogP contribution < -0.4 is 10.6 Å². The molecular weight excluding hydrogens is 196 g/mol. The third-order valence-electron chi connectivity index (χ3n) is 1.84. The smallest absolute Gasteiger partial charge is 0.325 e. The van der Waals surface area contributed by atoms with Crippen molar-refractivity contribution in [3.8, 4) is 0 Å². The highest BCUT2D eigenvalue weighted by Gasteiger charge is 2.09. The van der Waals surface area contributed by atoms with Crippen molar-refractivity contribution in [3.05, 3.63) is 11.8 Å². The number of aromatic nitrogens is 2. The molecule has 0 radical (unpaired) electrons. The monoisotopic (exact) mass is 210 g/mol. The number of aryl methyl sites for hydroxylation is 1. The highest BCUT2D eigenvalue weighted by atomic mass is 16.5. The fourth-order valence-corrected chi connectivity index (χ4v) is 1.11. The van der Waals surface area contributed by atoms with Gasteiger partial charge < -0.3 is 15.4 Å². The van der Waals surface area contributed by atoms with Gasteiger partial charge in [0.1, 0.15) is 12.4 Å². The van der Waals surface area contributed by atoms with Gasteiger partial charge in [0.25, 0.3) is 0 Å². The largest absolute Gasteiger partial charge is 0.468 e. The minimum absolute atomic E-state index is 0.131. The Balaban J connectivity index is 2.81. The summed E-state index contributed by atoms with van der Waals surface area (Å²) in [5, 5.41) is 0. The summed E-state index contributed by atoms with van der Waals surface area (Å²) in [6.07, 6.45) is 0. The van der Waals surface area contributed by atoms with E-state index in [-0.39, 0.29) is 18.5 Å². The van der Waals surface area contributed by atoms with Crippen molar-refractivity contribution in [2.75, 3.05) is 31.3 Å². The van der Waals surface area contributed by atoms with Gasteiger partial charge in [0.05, 0.1) is 7.11 Å².